The molecule has 0 aromatic heterocycles. The van der Waals surface area contributed by atoms with Crippen molar-refractivity contribution < 1.29 is 28.5 Å². The molecule has 1 unspecified atom stereocenters. The van der Waals surface area contributed by atoms with Gasteiger partial charge in [-0.15, -0.1) is 0 Å². The molecule has 8 heteroatoms. The monoisotopic (exact) mass is 315 g/mol. The Labute approximate surface area is 124 Å². The Kier molecular flexibility index (Phi) is 7.68. The maximum atomic E-state index is 11.5. The average Bonchev–Trinajstić information content (AvgIpc) is 2.50. The molecule has 0 aliphatic heterocycles. The van der Waals surface area contributed by atoms with Crippen molar-refractivity contribution in [2.75, 3.05) is 20.8 Å². The zero-order valence-electron chi connectivity index (χ0n) is 11.8. The van der Waals surface area contributed by atoms with E-state index in [0.29, 0.717) is 0 Å². The fourth-order valence-corrected chi connectivity index (χ4v) is 2.61. The van der Waals surface area contributed by atoms with E-state index in [1.165, 1.54) is 14.2 Å². The first-order chi connectivity index (χ1) is 10.1. The molecule has 21 heavy (non-hydrogen) atoms. The van der Waals surface area contributed by atoms with Crippen LogP contribution in [0.5, 0.6) is 0 Å². The minimum atomic E-state index is -1.61. The summed E-state index contributed by atoms with van der Waals surface area (Å²) in [4.78, 5) is 22.7. The van der Waals surface area contributed by atoms with E-state index in [-0.39, 0.29) is 13.2 Å². The van der Waals surface area contributed by atoms with Crippen LogP contribution in [0.2, 0.25) is 0 Å². The second-order valence-electron chi connectivity index (χ2n) is 3.95. The molecule has 1 aromatic carbocycles. The Morgan fingerprint density at radius 3 is 2.38 bits per heavy atom. The van der Waals surface area contributed by atoms with Crippen LogP contribution < -0.4 is 5.32 Å². The van der Waals surface area contributed by atoms with Crippen LogP contribution in [-0.4, -0.2) is 43.6 Å². The van der Waals surface area contributed by atoms with Crippen molar-refractivity contribution in [2.45, 2.75) is 12.3 Å². The lowest BCUT2D eigenvalue weighted by Gasteiger charge is -2.20. The number of carboxylic acids is 1. The topological polar surface area (TPSA) is 94.1 Å². The molecular formula is C13H18NO6P. The van der Waals surface area contributed by atoms with Crippen LogP contribution in [-0.2, 0) is 25.2 Å². The number of hydrogen-bond donors (Lipinski definition) is 2. The summed E-state index contributed by atoms with van der Waals surface area (Å²) in [6.45, 7) is -0.00985. The molecular weight excluding hydrogens is 297 g/mol. The van der Waals surface area contributed by atoms with Gasteiger partial charge in [-0.2, -0.15) is 0 Å². The minimum Gasteiger partial charge on any atom is -0.481 e. The molecule has 0 saturated heterocycles. The van der Waals surface area contributed by atoms with E-state index in [4.69, 9.17) is 18.9 Å². The molecule has 116 valence electrons. The zero-order valence-corrected chi connectivity index (χ0v) is 12.7. The lowest BCUT2D eigenvalue weighted by Crippen LogP contribution is -2.36. The molecule has 0 aliphatic carbocycles. The normalized spacial score (nSPS) is 12.0. The van der Waals surface area contributed by atoms with E-state index in [2.05, 4.69) is 5.32 Å². The number of ether oxygens (including phenoxy) is 1. The fourth-order valence-electron chi connectivity index (χ4n) is 1.54. The largest absolute Gasteiger partial charge is 0.481 e. The summed E-state index contributed by atoms with van der Waals surface area (Å²) in [6, 6.07) is 9.17. The van der Waals surface area contributed by atoms with Crippen molar-refractivity contribution in [1.29, 1.82) is 0 Å². The quantitative estimate of drug-likeness (QED) is 0.712. The molecule has 0 heterocycles. The molecule has 1 aromatic rings. The highest BCUT2D eigenvalue weighted by molar-refractivity contribution is 7.49. The van der Waals surface area contributed by atoms with E-state index >= 15 is 0 Å². The van der Waals surface area contributed by atoms with Crippen molar-refractivity contribution >= 4 is 20.4 Å². The summed E-state index contributed by atoms with van der Waals surface area (Å²) in [7, 11) is 1.11. The van der Waals surface area contributed by atoms with Gasteiger partial charge in [0.25, 0.3) is 0 Å². The first kappa shape index (κ1) is 17.4. The van der Waals surface area contributed by atoms with Crippen LogP contribution in [0.25, 0.3) is 0 Å². The molecule has 0 bridgehead atoms. The van der Waals surface area contributed by atoms with Crippen LogP contribution in [0.1, 0.15) is 5.56 Å². The van der Waals surface area contributed by atoms with Gasteiger partial charge in [0.1, 0.15) is 12.3 Å². The highest BCUT2D eigenvalue weighted by Crippen LogP contribution is 2.41. The molecule has 2 N–H and O–H groups in total. The van der Waals surface area contributed by atoms with Gasteiger partial charge in [0, 0.05) is 20.8 Å². The van der Waals surface area contributed by atoms with E-state index in [9.17, 15) is 9.59 Å². The van der Waals surface area contributed by atoms with Gasteiger partial charge in [0.2, 0.25) is 0 Å². The van der Waals surface area contributed by atoms with E-state index in [1.54, 1.807) is 0 Å². The number of carboxylic acid groups (broad SMARTS) is 1. The second kappa shape index (κ2) is 9.28. The SMILES string of the molecule is COP(OC)C(CNC(=O)OCc1ccccc1)C(=O)O. The Bertz CT molecular complexity index is 451. The van der Waals surface area contributed by atoms with Crippen molar-refractivity contribution in [1.82, 2.24) is 5.32 Å². The maximum Gasteiger partial charge on any atom is 0.407 e. The van der Waals surface area contributed by atoms with E-state index < -0.39 is 26.1 Å². The third-order valence-electron chi connectivity index (χ3n) is 2.55. The molecule has 0 aliphatic rings. The summed E-state index contributed by atoms with van der Waals surface area (Å²) < 4.78 is 14.9. The highest BCUT2D eigenvalue weighted by Gasteiger charge is 2.30. The van der Waals surface area contributed by atoms with Gasteiger partial charge in [-0.05, 0) is 5.56 Å². The number of aliphatic carboxylic acids is 1. The standard InChI is InChI=1S/C13H18NO6P/c1-18-21(19-2)11(12(15)16)8-14-13(17)20-9-10-6-4-3-5-7-10/h3-7,11H,8-9H2,1-2H3,(H,14,17)(H,15,16). The first-order valence-electron chi connectivity index (χ1n) is 6.13. The number of amides is 1. The van der Waals surface area contributed by atoms with Crippen molar-refractivity contribution in [3.63, 3.8) is 0 Å². The van der Waals surface area contributed by atoms with Crippen LogP contribution in [0.15, 0.2) is 30.3 Å². The number of rotatable bonds is 8. The van der Waals surface area contributed by atoms with Gasteiger partial charge in [0.15, 0.2) is 8.38 Å². The van der Waals surface area contributed by atoms with Gasteiger partial charge >= 0.3 is 12.1 Å². The predicted octanol–water partition coefficient (Wildman–Crippen LogP) is 1.97. The Morgan fingerprint density at radius 2 is 1.86 bits per heavy atom. The van der Waals surface area contributed by atoms with Gasteiger partial charge in [-0.25, -0.2) is 4.79 Å². The molecule has 0 radical (unpaired) electrons. The van der Waals surface area contributed by atoms with Gasteiger partial charge in [0.05, 0.1) is 0 Å². The number of benzene rings is 1. The van der Waals surface area contributed by atoms with Gasteiger partial charge < -0.3 is 24.2 Å². The van der Waals surface area contributed by atoms with E-state index in [0.717, 1.165) is 5.56 Å². The summed E-state index contributed by atoms with van der Waals surface area (Å²) in [5.74, 6) is -1.10. The molecule has 1 rings (SSSR count). The van der Waals surface area contributed by atoms with Crippen LogP contribution in [0, 0.1) is 0 Å². The molecule has 1 atom stereocenters. The first-order valence-corrected chi connectivity index (χ1v) is 7.38. The summed E-state index contributed by atoms with van der Waals surface area (Å²) >= 11 is 0. The van der Waals surface area contributed by atoms with Crippen LogP contribution >= 0.6 is 8.38 Å². The van der Waals surface area contributed by atoms with Crippen molar-refractivity contribution in [3.8, 4) is 0 Å². The smallest absolute Gasteiger partial charge is 0.407 e. The van der Waals surface area contributed by atoms with Gasteiger partial charge in [-0.3, -0.25) is 4.79 Å². The van der Waals surface area contributed by atoms with Crippen LogP contribution in [0.3, 0.4) is 0 Å². The maximum absolute atomic E-state index is 11.5. The summed E-state index contributed by atoms with van der Waals surface area (Å²) in [5, 5.41) is 11.5. The van der Waals surface area contributed by atoms with E-state index in [1.807, 2.05) is 30.3 Å². The zero-order chi connectivity index (χ0) is 15.7. The molecule has 0 spiro atoms. The van der Waals surface area contributed by atoms with Crippen molar-refractivity contribution in [2.24, 2.45) is 0 Å². The summed E-state index contributed by atoms with van der Waals surface area (Å²) in [5.41, 5.74) is -0.113. The number of nitrogens with one attached hydrogen (secondary N) is 1. The molecule has 0 saturated carbocycles. The Morgan fingerprint density at radius 1 is 1.24 bits per heavy atom. The summed E-state index contributed by atoms with van der Waals surface area (Å²) in [6.07, 6.45) is -0.688. The number of alkyl carbamates (subject to hydrolysis) is 1. The Balaban J connectivity index is 2.41. The number of carbonyl (C=O) groups excluding carboxylic acids is 1. The predicted molar refractivity (Wildman–Crippen MR) is 77.0 cm³/mol. The average molecular weight is 315 g/mol. The second-order valence-corrected chi connectivity index (χ2v) is 5.87. The Hall–Kier alpha value is -1.69. The number of carbonyl (C=O) groups is 2. The fraction of sp³-hybridized carbons (Fsp3) is 0.385. The number of hydrogen-bond acceptors (Lipinski definition) is 5. The molecule has 7 nitrogen and oxygen atoms in total. The van der Waals surface area contributed by atoms with Crippen molar-refractivity contribution in [3.05, 3.63) is 35.9 Å². The highest BCUT2D eigenvalue weighted by atomic mass is 31.2. The molecule has 0 fully saturated rings. The van der Waals surface area contributed by atoms with Gasteiger partial charge in [-0.1, -0.05) is 30.3 Å². The third kappa shape index (κ3) is 6.08. The minimum absolute atomic E-state index is 0.119. The van der Waals surface area contributed by atoms with Crippen LogP contribution in [0.4, 0.5) is 4.79 Å². The molecule has 1 amide bonds. The third-order valence-corrected chi connectivity index (χ3v) is 4.18. The lowest BCUT2D eigenvalue weighted by atomic mass is 10.2. The lowest BCUT2D eigenvalue weighted by molar-refractivity contribution is -0.136.